The zero-order valence-corrected chi connectivity index (χ0v) is 12.4. The standard InChI is InChI=1S/C16H20N2O4/c17-15(19)10-12-3-1-2-6-18(12)16(20)11-4-5-13-14(9-11)22-8-7-21-13/h4-5,9,12H,1-3,6-8,10H2,(H2,17,19). The van der Waals surface area contributed by atoms with Gasteiger partial charge in [-0.2, -0.15) is 0 Å². The molecule has 1 unspecified atom stereocenters. The lowest BCUT2D eigenvalue weighted by atomic mass is 9.98. The molecular formula is C16H20N2O4. The molecule has 0 spiro atoms. The monoisotopic (exact) mass is 304 g/mol. The molecule has 2 N–H and O–H groups in total. The van der Waals surface area contributed by atoms with Gasteiger partial charge in [-0.1, -0.05) is 0 Å². The van der Waals surface area contributed by atoms with Crippen molar-refractivity contribution < 1.29 is 19.1 Å². The van der Waals surface area contributed by atoms with E-state index in [0.717, 1.165) is 19.3 Å². The molecule has 1 saturated heterocycles. The first-order valence-corrected chi connectivity index (χ1v) is 7.64. The van der Waals surface area contributed by atoms with Crippen LogP contribution in [-0.2, 0) is 4.79 Å². The Hall–Kier alpha value is -2.24. The van der Waals surface area contributed by atoms with Gasteiger partial charge in [-0.3, -0.25) is 9.59 Å². The van der Waals surface area contributed by atoms with Gasteiger partial charge in [0.05, 0.1) is 0 Å². The number of fused-ring (bicyclic) bond motifs is 1. The van der Waals surface area contributed by atoms with Crippen molar-refractivity contribution >= 4 is 11.8 Å². The molecule has 0 aliphatic carbocycles. The number of carbonyl (C=O) groups is 2. The quantitative estimate of drug-likeness (QED) is 0.913. The Balaban J connectivity index is 1.80. The van der Waals surface area contributed by atoms with Crippen molar-refractivity contribution in [2.24, 2.45) is 5.73 Å². The van der Waals surface area contributed by atoms with Crippen LogP contribution in [0, 0.1) is 0 Å². The highest BCUT2D eigenvalue weighted by molar-refractivity contribution is 5.95. The number of ether oxygens (including phenoxy) is 2. The molecule has 0 saturated carbocycles. The summed E-state index contributed by atoms with van der Waals surface area (Å²) in [7, 11) is 0. The SMILES string of the molecule is NC(=O)CC1CCCCN1C(=O)c1ccc2c(c1)OCCO2. The summed E-state index contributed by atoms with van der Waals surface area (Å²) < 4.78 is 11.0. The van der Waals surface area contributed by atoms with Crippen LogP contribution in [-0.4, -0.2) is 42.5 Å². The van der Waals surface area contributed by atoms with Crippen LogP contribution < -0.4 is 15.2 Å². The van der Waals surface area contributed by atoms with Crippen molar-refractivity contribution in [3.05, 3.63) is 23.8 Å². The van der Waals surface area contributed by atoms with Gasteiger partial charge in [-0.15, -0.1) is 0 Å². The molecule has 0 radical (unpaired) electrons. The van der Waals surface area contributed by atoms with Gasteiger partial charge in [-0.05, 0) is 37.5 Å². The number of hydrogen-bond acceptors (Lipinski definition) is 4. The molecule has 6 heteroatoms. The van der Waals surface area contributed by atoms with Gasteiger partial charge in [0, 0.05) is 24.6 Å². The first-order valence-electron chi connectivity index (χ1n) is 7.64. The van der Waals surface area contributed by atoms with Crippen LogP contribution in [0.3, 0.4) is 0 Å². The fourth-order valence-electron chi connectivity index (χ4n) is 3.05. The Kier molecular flexibility index (Phi) is 4.18. The lowest BCUT2D eigenvalue weighted by Crippen LogP contribution is -2.45. The normalized spacial score (nSPS) is 20.5. The third-order valence-corrected chi connectivity index (χ3v) is 4.11. The van der Waals surface area contributed by atoms with E-state index in [4.69, 9.17) is 15.2 Å². The van der Waals surface area contributed by atoms with Crippen LogP contribution in [0.2, 0.25) is 0 Å². The van der Waals surface area contributed by atoms with Crippen molar-refractivity contribution in [1.82, 2.24) is 4.90 Å². The molecule has 2 amide bonds. The van der Waals surface area contributed by atoms with E-state index in [0.29, 0.717) is 36.8 Å². The Bertz CT molecular complexity index is 588. The highest BCUT2D eigenvalue weighted by Crippen LogP contribution is 2.32. The van der Waals surface area contributed by atoms with Crippen LogP contribution in [0.15, 0.2) is 18.2 Å². The molecule has 3 rings (SSSR count). The van der Waals surface area contributed by atoms with E-state index < -0.39 is 0 Å². The van der Waals surface area contributed by atoms with Crippen molar-refractivity contribution in [3.8, 4) is 11.5 Å². The summed E-state index contributed by atoms with van der Waals surface area (Å²) in [6.07, 6.45) is 3.00. The minimum absolute atomic E-state index is 0.0806. The Morgan fingerprint density at radius 1 is 1.18 bits per heavy atom. The number of rotatable bonds is 3. The van der Waals surface area contributed by atoms with Crippen molar-refractivity contribution in [2.75, 3.05) is 19.8 Å². The van der Waals surface area contributed by atoms with Crippen LogP contribution in [0.1, 0.15) is 36.0 Å². The lowest BCUT2D eigenvalue weighted by Gasteiger charge is -2.35. The number of piperidine rings is 1. The van der Waals surface area contributed by atoms with Gasteiger partial charge in [0.15, 0.2) is 11.5 Å². The molecule has 118 valence electrons. The first kappa shape index (κ1) is 14.7. The lowest BCUT2D eigenvalue weighted by molar-refractivity contribution is -0.119. The van der Waals surface area contributed by atoms with E-state index in [9.17, 15) is 9.59 Å². The second-order valence-electron chi connectivity index (χ2n) is 5.68. The molecule has 1 aromatic carbocycles. The predicted molar refractivity (Wildman–Crippen MR) is 79.9 cm³/mol. The summed E-state index contributed by atoms with van der Waals surface area (Å²) in [5.74, 6) is 0.811. The highest BCUT2D eigenvalue weighted by atomic mass is 16.6. The maximum absolute atomic E-state index is 12.8. The minimum Gasteiger partial charge on any atom is -0.486 e. The minimum atomic E-state index is -0.369. The number of amides is 2. The average molecular weight is 304 g/mol. The third kappa shape index (κ3) is 3.00. The van der Waals surface area contributed by atoms with Gasteiger partial charge in [0.1, 0.15) is 13.2 Å². The van der Waals surface area contributed by atoms with Gasteiger partial charge >= 0.3 is 0 Å². The van der Waals surface area contributed by atoms with Gasteiger partial charge in [0.2, 0.25) is 5.91 Å². The van der Waals surface area contributed by atoms with E-state index in [1.807, 2.05) is 0 Å². The molecule has 1 aromatic rings. The molecule has 0 bridgehead atoms. The van der Waals surface area contributed by atoms with Crippen LogP contribution >= 0.6 is 0 Å². The molecule has 0 aromatic heterocycles. The summed E-state index contributed by atoms with van der Waals surface area (Å²) >= 11 is 0. The average Bonchev–Trinajstić information content (AvgIpc) is 2.54. The fourth-order valence-corrected chi connectivity index (χ4v) is 3.05. The highest BCUT2D eigenvalue weighted by Gasteiger charge is 2.29. The van der Waals surface area contributed by atoms with E-state index >= 15 is 0 Å². The number of carbonyl (C=O) groups excluding carboxylic acids is 2. The molecule has 2 aliphatic rings. The predicted octanol–water partition coefficient (Wildman–Crippen LogP) is 1.33. The van der Waals surface area contributed by atoms with Gasteiger partial charge in [0.25, 0.3) is 5.91 Å². The number of nitrogens with zero attached hydrogens (tertiary/aromatic N) is 1. The van der Waals surface area contributed by atoms with E-state index in [2.05, 4.69) is 0 Å². The zero-order chi connectivity index (χ0) is 15.5. The number of hydrogen-bond donors (Lipinski definition) is 1. The van der Waals surface area contributed by atoms with Crippen LogP contribution in [0.4, 0.5) is 0 Å². The zero-order valence-electron chi connectivity index (χ0n) is 12.4. The molecule has 6 nitrogen and oxygen atoms in total. The van der Waals surface area contributed by atoms with Crippen molar-refractivity contribution in [1.29, 1.82) is 0 Å². The van der Waals surface area contributed by atoms with E-state index in [1.165, 1.54) is 0 Å². The number of likely N-dealkylation sites (tertiary alicyclic amines) is 1. The summed E-state index contributed by atoms with van der Waals surface area (Å²) in [4.78, 5) is 25.7. The smallest absolute Gasteiger partial charge is 0.254 e. The molecule has 1 atom stereocenters. The second kappa shape index (κ2) is 6.25. The first-order chi connectivity index (χ1) is 10.6. The fraction of sp³-hybridized carbons (Fsp3) is 0.500. The summed E-state index contributed by atoms with van der Waals surface area (Å²) in [5.41, 5.74) is 5.86. The summed E-state index contributed by atoms with van der Waals surface area (Å²) in [6, 6.07) is 5.11. The maximum atomic E-state index is 12.8. The second-order valence-corrected chi connectivity index (χ2v) is 5.68. The molecule has 1 fully saturated rings. The Morgan fingerprint density at radius 2 is 1.95 bits per heavy atom. The summed E-state index contributed by atoms with van der Waals surface area (Å²) in [5, 5.41) is 0. The largest absolute Gasteiger partial charge is 0.486 e. The molecular weight excluding hydrogens is 284 g/mol. The van der Waals surface area contributed by atoms with E-state index in [1.54, 1.807) is 23.1 Å². The van der Waals surface area contributed by atoms with E-state index in [-0.39, 0.29) is 24.3 Å². The van der Waals surface area contributed by atoms with Crippen molar-refractivity contribution in [3.63, 3.8) is 0 Å². The maximum Gasteiger partial charge on any atom is 0.254 e. The number of nitrogens with two attached hydrogens (primary N) is 1. The van der Waals surface area contributed by atoms with Gasteiger partial charge in [-0.25, -0.2) is 0 Å². The molecule has 2 heterocycles. The Labute approximate surface area is 129 Å². The van der Waals surface area contributed by atoms with Gasteiger partial charge < -0.3 is 20.1 Å². The van der Waals surface area contributed by atoms with Crippen LogP contribution in [0.5, 0.6) is 11.5 Å². The molecule has 2 aliphatic heterocycles. The Morgan fingerprint density at radius 3 is 2.73 bits per heavy atom. The third-order valence-electron chi connectivity index (χ3n) is 4.11. The van der Waals surface area contributed by atoms with Crippen LogP contribution in [0.25, 0.3) is 0 Å². The topological polar surface area (TPSA) is 81.9 Å². The number of primary amides is 1. The molecule has 22 heavy (non-hydrogen) atoms. The number of benzene rings is 1. The summed E-state index contributed by atoms with van der Waals surface area (Å²) in [6.45, 7) is 1.66. The van der Waals surface area contributed by atoms with Crippen molar-refractivity contribution in [2.45, 2.75) is 31.7 Å².